The Morgan fingerprint density at radius 3 is 2.18 bits per heavy atom. The van der Waals surface area contributed by atoms with E-state index in [1.165, 1.54) is 58.0 Å². The summed E-state index contributed by atoms with van der Waals surface area (Å²) in [4.78, 5) is 2.79. The van der Waals surface area contributed by atoms with E-state index in [0.29, 0.717) is 5.54 Å². The summed E-state index contributed by atoms with van der Waals surface area (Å²) in [7, 11) is 0. The number of piperidine rings is 1. The Morgan fingerprint density at radius 1 is 1.00 bits per heavy atom. The molecule has 1 saturated carbocycles. The van der Waals surface area contributed by atoms with Crippen LogP contribution in [0.15, 0.2) is 0 Å². The van der Waals surface area contributed by atoms with Gasteiger partial charge in [-0.3, -0.25) is 4.90 Å². The minimum absolute atomic E-state index is 0.476. The summed E-state index contributed by atoms with van der Waals surface area (Å²) in [5.41, 5.74) is 0.476. The van der Waals surface area contributed by atoms with Crippen LogP contribution < -0.4 is 5.32 Å². The van der Waals surface area contributed by atoms with E-state index >= 15 is 0 Å². The van der Waals surface area contributed by atoms with Gasteiger partial charge in [-0.15, -0.1) is 0 Å². The zero-order valence-electron chi connectivity index (χ0n) is 12.0. The molecule has 0 aromatic rings. The molecule has 2 heteroatoms. The summed E-state index contributed by atoms with van der Waals surface area (Å²) in [5.74, 6) is 0. The van der Waals surface area contributed by atoms with E-state index < -0.39 is 0 Å². The Kier molecular flexibility index (Phi) is 4.48. The molecule has 1 aliphatic heterocycles. The number of likely N-dealkylation sites (tertiary alicyclic amines) is 1. The molecule has 0 amide bonds. The van der Waals surface area contributed by atoms with Gasteiger partial charge in [-0.2, -0.15) is 0 Å². The van der Waals surface area contributed by atoms with E-state index in [1.54, 1.807) is 0 Å². The Morgan fingerprint density at radius 2 is 1.65 bits per heavy atom. The van der Waals surface area contributed by atoms with Crippen LogP contribution in [0.3, 0.4) is 0 Å². The quantitative estimate of drug-likeness (QED) is 0.764. The van der Waals surface area contributed by atoms with E-state index in [4.69, 9.17) is 0 Å². The maximum atomic E-state index is 3.83. The van der Waals surface area contributed by atoms with E-state index in [-0.39, 0.29) is 0 Å². The van der Waals surface area contributed by atoms with E-state index in [1.807, 2.05) is 0 Å². The number of nitrogens with zero attached hydrogens (tertiary/aromatic N) is 1. The van der Waals surface area contributed by atoms with Gasteiger partial charge in [-0.05, 0) is 51.5 Å². The predicted molar refractivity (Wildman–Crippen MR) is 74.4 cm³/mol. The number of hydrogen-bond acceptors (Lipinski definition) is 2. The molecule has 2 aliphatic rings. The second-order valence-corrected chi connectivity index (χ2v) is 6.01. The first kappa shape index (κ1) is 13.4. The molecule has 1 atom stereocenters. The molecule has 2 fully saturated rings. The maximum Gasteiger partial charge on any atom is 0.0202 e. The lowest BCUT2D eigenvalue weighted by Gasteiger charge is -2.47. The summed E-state index contributed by atoms with van der Waals surface area (Å²) in [6.07, 6.45) is 9.50. The van der Waals surface area contributed by atoms with Crippen molar-refractivity contribution in [2.24, 2.45) is 0 Å². The molecule has 1 unspecified atom stereocenters. The Balaban J connectivity index is 1.93. The van der Waals surface area contributed by atoms with Gasteiger partial charge >= 0.3 is 0 Å². The second kappa shape index (κ2) is 5.71. The summed E-state index contributed by atoms with van der Waals surface area (Å²) in [6.45, 7) is 9.70. The minimum Gasteiger partial charge on any atom is -0.310 e. The van der Waals surface area contributed by atoms with Crippen LogP contribution in [-0.2, 0) is 0 Å². The largest absolute Gasteiger partial charge is 0.310 e. The molecule has 0 aromatic carbocycles. The van der Waals surface area contributed by atoms with Gasteiger partial charge in [0.15, 0.2) is 0 Å². The third-order valence-corrected chi connectivity index (χ3v) is 5.12. The van der Waals surface area contributed by atoms with Crippen molar-refractivity contribution >= 4 is 0 Å². The van der Waals surface area contributed by atoms with Crippen molar-refractivity contribution < 1.29 is 0 Å². The van der Waals surface area contributed by atoms with Crippen molar-refractivity contribution in [1.29, 1.82) is 0 Å². The van der Waals surface area contributed by atoms with Crippen LogP contribution in [0.5, 0.6) is 0 Å². The first-order chi connectivity index (χ1) is 8.24. The second-order valence-electron chi connectivity index (χ2n) is 6.01. The number of rotatable bonds is 6. The fourth-order valence-electron chi connectivity index (χ4n) is 3.55. The highest BCUT2D eigenvalue weighted by atomic mass is 15.2. The number of hydrogen-bond donors (Lipinski definition) is 1. The predicted octanol–water partition coefficient (Wildman–Crippen LogP) is 3.17. The Hall–Kier alpha value is -0.0800. The highest BCUT2D eigenvalue weighted by Gasteiger charge is 2.36. The SMILES string of the molecule is CCC(CC)(CC)N1CCCC(NC2CC2)C1. The van der Waals surface area contributed by atoms with Gasteiger partial charge in [0.05, 0.1) is 0 Å². The lowest BCUT2D eigenvalue weighted by molar-refractivity contribution is 0.0407. The van der Waals surface area contributed by atoms with Gasteiger partial charge in [-0.25, -0.2) is 0 Å². The van der Waals surface area contributed by atoms with Crippen LogP contribution in [-0.4, -0.2) is 35.6 Å². The van der Waals surface area contributed by atoms with Crippen LogP contribution in [0.2, 0.25) is 0 Å². The van der Waals surface area contributed by atoms with Crippen LogP contribution in [0.4, 0.5) is 0 Å². The third kappa shape index (κ3) is 3.03. The van der Waals surface area contributed by atoms with Gasteiger partial charge in [0.1, 0.15) is 0 Å². The molecule has 100 valence electrons. The van der Waals surface area contributed by atoms with Gasteiger partial charge in [0, 0.05) is 24.2 Å². The molecular weight excluding hydrogens is 208 g/mol. The lowest BCUT2D eigenvalue weighted by atomic mass is 9.85. The van der Waals surface area contributed by atoms with Gasteiger partial charge < -0.3 is 5.32 Å². The Bertz CT molecular complexity index is 223. The van der Waals surface area contributed by atoms with Crippen molar-refractivity contribution in [3.63, 3.8) is 0 Å². The maximum absolute atomic E-state index is 3.83. The molecule has 1 aliphatic carbocycles. The molecule has 2 rings (SSSR count). The van der Waals surface area contributed by atoms with Gasteiger partial charge in [-0.1, -0.05) is 20.8 Å². The topological polar surface area (TPSA) is 15.3 Å². The lowest BCUT2D eigenvalue weighted by Crippen LogP contribution is -2.56. The highest BCUT2D eigenvalue weighted by molar-refractivity contribution is 4.94. The molecule has 0 bridgehead atoms. The minimum atomic E-state index is 0.476. The van der Waals surface area contributed by atoms with Crippen molar-refractivity contribution in [1.82, 2.24) is 10.2 Å². The fraction of sp³-hybridized carbons (Fsp3) is 1.00. The molecule has 1 saturated heterocycles. The summed E-state index contributed by atoms with van der Waals surface area (Å²) >= 11 is 0. The fourth-order valence-corrected chi connectivity index (χ4v) is 3.55. The molecule has 2 nitrogen and oxygen atoms in total. The molecule has 0 aromatic heterocycles. The highest BCUT2D eigenvalue weighted by Crippen LogP contribution is 2.31. The molecule has 0 spiro atoms. The normalized spacial score (nSPS) is 27.4. The van der Waals surface area contributed by atoms with Crippen molar-refractivity contribution in [2.75, 3.05) is 13.1 Å². The van der Waals surface area contributed by atoms with Crippen LogP contribution in [0.25, 0.3) is 0 Å². The van der Waals surface area contributed by atoms with Crippen LogP contribution in [0.1, 0.15) is 65.7 Å². The third-order valence-electron chi connectivity index (χ3n) is 5.12. The molecule has 0 radical (unpaired) electrons. The number of nitrogens with one attached hydrogen (secondary N) is 1. The van der Waals surface area contributed by atoms with Gasteiger partial charge in [0.25, 0.3) is 0 Å². The summed E-state index contributed by atoms with van der Waals surface area (Å²) in [5, 5.41) is 3.83. The van der Waals surface area contributed by atoms with Crippen molar-refractivity contribution in [3.8, 4) is 0 Å². The van der Waals surface area contributed by atoms with Crippen molar-refractivity contribution in [2.45, 2.75) is 83.3 Å². The Labute approximate surface area is 107 Å². The van der Waals surface area contributed by atoms with Crippen LogP contribution in [0, 0.1) is 0 Å². The molecule has 1 heterocycles. The molecule has 1 N–H and O–H groups in total. The molecular formula is C15H30N2. The van der Waals surface area contributed by atoms with Crippen molar-refractivity contribution in [3.05, 3.63) is 0 Å². The summed E-state index contributed by atoms with van der Waals surface area (Å²) < 4.78 is 0. The smallest absolute Gasteiger partial charge is 0.0202 e. The van der Waals surface area contributed by atoms with E-state index in [2.05, 4.69) is 31.0 Å². The zero-order chi connectivity index (χ0) is 12.3. The first-order valence-electron chi connectivity index (χ1n) is 7.75. The average Bonchev–Trinajstić information content (AvgIpc) is 3.17. The average molecular weight is 238 g/mol. The summed E-state index contributed by atoms with van der Waals surface area (Å²) in [6, 6.07) is 1.62. The van der Waals surface area contributed by atoms with Crippen LogP contribution >= 0.6 is 0 Å². The standard InChI is InChI=1S/C15H30N2/c1-4-15(5-2,6-3)17-11-7-8-14(12-17)16-13-9-10-13/h13-14,16H,4-12H2,1-3H3. The molecule has 17 heavy (non-hydrogen) atoms. The van der Waals surface area contributed by atoms with Gasteiger partial charge in [0.2, 0.25) is 0 Å². The van der Waals surface area contributed by atoms with E-state index in [0.717, 1.165) is 12.1 Å². The first-order valence-corrected chi connectivity index (χ1v) is 7.75. The van der Waals surface area contributed by atoms with E-state index in [9.17, 15) is 0 Å². The zero-order valence-corrected chi connectivity index (χ0v) is 12.0. The monoisotopic (exact) mass is 238 g/mol.